The number of rotatable bonds is 4. The number of halogens is 5. The highest BCUT2D eigenvalue weighted by Gasteiger charge is 2.35. The van der Waals surface area contributed by atoms with Gasteiger partial charge in [0.05, 0.1) is 12.5 Å². The first-order chi connectivity index (χ1) is 12.1. The van der Waals surface area contributed by atoms with E-state index in [1.54, 1.807) is 0 Å². The fraction of sp³-hybridized carbons (Fsp3) is 0.529. The number of hydrogen-bond acceptors (Lipinski definition) is 3. The minimum absolute atomic E-state index is 0.0558. The smallest absolute Gasteiger partial charge is 0.309 e. The second kappa shape index (κ2) is 8.01. The van der Waals surface area contributed by atoms with Crippen molar-refractivity contribution in [1.29, 1.82) is 0 Å². The van der Waals surface area contributed by atoms with E-state index in [1.165, 1.54) is 0 Å². The number of ether oxygens (including phenoxy) is 1. The monoisotopic (exact) mass is 379 g/mol. The average molecular weight is 379 g/mol. The van der Waals surface area contributed by atoms with E-state index in [9.17, 15) is 31.5 Å². The van der Waals surface area contributed by atoms with E-state index in [0.717, 1.165) is 4.90 Å². The molecule has 0 saturated carbocycles. The molecule has 0 radical (unpaired) electrons. The molecule has 0 atom stereocenters. The standard InChI is InChI=1S/C17H18F5NO3/c1-8(2)7-26-17(25)9-3-5-23(6-4-9)16(24)10-11(18)13(20)15(22)14(21)12(10)19/h8-9H,3-7H2,1-2H3. The van der Waals surface area contributed by atoms with Crippen LogP contribution in [0.4, 0.5) is 22.0 Å². The van der Waals surface area contributed by atoms with Crippen LogP contribution in [0.1, 0.15) is 37.0 Å². The van der Waals surface area contributed by atoms with E-state index in [1.807, 2.05) is 13.8 Å². The Morgan fingerprint density at radius 1 is 0.962 bits per heavy atom. The Bertz CT molecular complexity index is 686. The Balaban J connectivity index is 2.09. The van der Waals surface area contributed by atoms with Crippen molar-refractivity contribution in [2.45, 2.75) is 26.7 Å². The molecule has 4 nitrogen and oxygen atoms in total. The largest absolute Gasteiger partial charge is 0.465 e. The van der Waals surface area contributed by atoms with Crippen LogP contribution in [-0.2, 0) is 9.53 Å². The van der Waals surface area contributed by atoms with Crippen molar-refractivity contribution in [3.05, 3.63) is 34.6 Å². The fourth-order valence-corrected chi connectivity index (χ4v) is 2.64. The Morgan fingerprint density at radius 3 is 1.88 bits per heavy atom. The summed E-state index contributed by atoms with van der Waals surface area (Å²) in [5, 5.41) is 0. The van der Waals surface area contributed by atoms with Crippen molar-refractivity contribution >= 4 is 11.9 Å². The number of carbonyl (C=O) groups excluding carboxylic acids is 2. The molecule has 9 heteroatoms. The number of hydrogen-bond donors (Lipinski definition) is 0. The maximum atomic E-state index is 13.7. The SMILES string of the molecule is CC(C)COC(=O)C1CCN(C(=O)c2c(F)c(F)c(F)c(F)c2F)CC1. The minimum Gasteiger partial charge on any atom is -0.465 e. The highest BCUT2D eigenvalue weighted by atomic mass is 19.2. The first-order valence-corrected chi connectivity index (χ1v) is 8.12. The predicted octanol–water partition coefficient (Wildman–Crippen LogP) is 3.43. The third-order valence-corrected chi connectivity index (χ3v) is 4.10. The lowest BCUT2D eigenvalue weighted by Crippen LogP contribution is -2.41. The summed E-state index contributed by atoms with van der Waals surface area (Å²) in [5.41, 5.74) is -1.48. The van der Waals surface area contributed by atoms with Crippen LogP contribution in [0.2, 0.25) is 0 Å². The topological polar surface area (TPSA) is 46.6 Å². The van der Waals surface area contributed by atoms with Crippen LogP contribution in [0.3, 0.4) is 0 Å². The van der Waals surface area contributed by atoms with Crippen molar-refractivity contribution in [3.63, 3.8) is 0 Å². The molecule has 1 aliphatic rings. The van der Waals surface area contributed by atoms with Gasteiger partial charge >= 0.3 is 5.97 Å². The van der Waals surface area contributed by atoms with Gasteiger partial charge in [-0.1, -0.05) is 13.8 Å². The Labute approximate surface area is 146 Å². The molecule has 0 aromatic heterocycles. The van der Waals surface area contributed by atoms with Gasteiger partial charge in [0.25, 0.3) is 5.91 Å². The summed E-state index contributed by atoms with van der Waals surface area (Å²) >= 11 is 0. The molecule has 0 aliphatic carbocycles. The Morgan fingerprint density at radius 2 is 1.42 bits per heavy atom. The number of benzene rings is 1. The minimum atomic E-state index is -2.32. The first-order valence-electron chi connectivity index (χ1n) is 8.12. The molecule has 0 bridgehead atoms. The van der Waals surface area contributed by atoms with Gasteiger partial charge < -0.3 is 9.64 Å². The summed E-state index contributed by atoms with van der Waals surface area (Å²) in [6.45, 7) is 3.89. The molecule has 0 N–H and O–H groups in total. The van der Waals surface area contributed by atoms with Gasteiger partial charge in [-0.15, -0.1) is 0 Å². The maximum absolute atomic E-state index is 13.7. The lowest BCUT2D eigenvalue weighted by atomic mass is 9.96. The summed E-state index contributed by atoms with van der Waals surface area (Å²) in [4.78, 5) is 25.1. The summed E-state index contributed by atoms with van der Waals surface area (Å²) in [5.74, 6) is -13.0. The molecule has 0 spiro atoms. The predicted molar refractivity (Wildman–Crippen MR) is 80.7 cm³/mol. The van der Waals surface area contributed by atoms with Gasteiger partial charge in [0.2, 0.25) is 5.82 Å². The van der Waals surface area contributed by atoms with Gasteiger partial charge in [-0.25, -0.2) is 22.0 Å². The molecule has 1 saturated heterocycles. The van der Waals surface area contributed by atoms with Gasteiger partial charge in [-0.3, -0.25) is 9.59 Å². The van der Waals surface area contributed by atoms with Crippen LogP contribution >= 0.6 is 0 Å². The van der Waals surface area contributed by atoms with E-state index in [-0.39, 0.29) is 38.5 Å². The average Bonchev–Trinajstić information content (AvgIpc) is 2.63. The zero-order chi connectivity index (χ0) is 19.6. The highest BCUT2D eigenvalue weighted by molar-refractivity contribution is 5.95. The van der Waals surface area contributed by atoms with Crippen LogP contribution in [0.5, 0.6) is 0 Å². The lowest BCUT2D eigenvalue weighted by molar-refractivity contribution is -0.151. The maximum Gasteiger partial charge on any atom is 0.309 e. The van der Waals surface area contributed by atoms with Gasteiger partial charge in [-0.2, -0.15) is 0 Å². The number of amides is 1. The second-order valence-electron chi connectivity index (χ2n) is 6.54. The van der Waals surface area contributed by atoms with Gasteiger partial charge in [0.15, 0.2) is 23.3 Å². The van der Waals surface area contributed by atoms with Crippen LogP contribution in [0.15, 0.2) is 0 Å². The van der Waals surface area contributed by atoms with E-state index in [2.05, 4.69) is 0 Å². The van der Waals surface area contributed by atoms with Crippen molar-refractivity contribution in [3.8, 4) is 0 Å². The second-order valence-corrected chi connectivity index (χ2v) is 6.54. The van der Waals surface area contributed by atoms with Gasteiger partial charge in [0, 0.05) is 13.1 Å². The number of carbonyl (C=O) groups is 2. The van der Waals surface area contributed by atoms with Crippen LogP contribution in [0, 0.1) is 40.9 Å². The van der Waals surface area contributed by atoms with E-state index >= 15 is 0 Å². The highest BCUT2D eigenvalue weighted by Crippen LogP contribution is 2.26. The molecule has 2 rings (SSSR count). The fourth-order valence-electron chi connectivity index (χ4n) is 2.64. The molecule has 26 heavy (non-hydrogen) atoms. The van der Waals surface area contributed by atoms with Crippen molar-refractivity contribution < 1.29 is 36.3 Å². The number of piperidine rings is 1. The van der Waals surface area contributed by atoms with Gasteiger partial charge in [0.1, 0.15) is 5.56 Å². The van der Waals surface area contributed by atoms with Crippen molar-refractivity contribution in [1.82, 2.24) is 4.90 Å². The quantitative estimate of drug-likeness (QED) is 0.349. The van der Waals surface area contributed by atoms with Gasteiger partial charge in [-0.05, 0) is 18.8 Å². The summed E-state index contributed by atoms with van der Waals surface area (Å²) < 4.78 is 72.2. The normalized spacial score (nSPS) is 15.5. The molecule has 144 valence electrons. The summed E-state index contributed by atoms with van der Waals surface area (Å²) in [7, 11) is 0. The molecule has 1 amide bonds. The number of likely N-dealkylation sites (tertiary alicyclic amines) is 1. The van der Waals surface area contributed by atoms with E-state index < -0.39 is 52.4 Å². The number of nitrogens with zero attached hydrogens (tertiary/aromatic N) is 1. The molecule has 0 unspecified atom stereocenters. The molecule has 1 aliphatic heterocycles. The molecular weight excluding hydrogens is 361 g/mol. The molecule has 1 aromatic carbocycles. The zero-order valence-corrected chi connectivity index (χ0v) is 14.3. The lowest BCUT2D eigenvalue weighted by Gasteiger charge is -2.31. The van der Waals surface area contributed by atoms with Crippen LogP contribution < -0.4 is 0 Å². The summed E-state index contributed by atoms with van der Waals surface area (Å²) in [6.07, 6.45) is 0.357. The third kappa shape index (κ3) is 3.96. The Hall–Kier alpha value is -2.19. The van der Waals surface area contributed by atoms with Crippen molar-refractivity contribution in [2.75, 3.05) is 19.7 Å². The van der Waals surface area contributed by atoms with Crippen LogP contribution in [0.25, 0.3) is 0 Å². The summed E-state index contributed by atoms with van der Waals surface area (Å²) in [6, 6.07) is 0. The molecule has 1 fully saturated rings. The van der Waals surface area contributed by atoms with Crippen LogP contribution in [-0.4, -0.2) is 36.5 Å². The van der Waals surface area contributed by atoms with E-state index in [4.69, 9.17) is 4.74 Å². The first kappa shape index (κ1) is 20.1. The zero-order valence-electron chi connectivity index (χ0n) is 14.3. The molecule has 1 heterocycles. The Kier molecular flexibility index (Phi) is 6.20. The number of esters is 1. The van der Waals surface area contributed by atoms with Crippen molar-refractivity contribution in [2.24, 2.45) is 11.8 Å². The third-order valence-electron chi connectivity index (χ3n) is 4.10. The molecule has 1 aromatic rings. The molecular formula is C17H18F5NO3. The van der Waals surface area contributed by atoms with E-state index in [0.29, 0.717) is 0 Å².